The monoisotopic (exact) mass is 421 g/mol. The van der Waals surface area contributed by atoms with Crippen molar-refractivity contribution in [2.45, 2.75) is 32.7 Å². The molecule has 0 aliphatic carbocycles. The number of para-hydroxylation sites is 2. The summed E-state index contributed by atoms with van der Waals surface area (Å²) in [6.07, 6.45) is 4.79. The van der Waals surface area contributed by atoms with Crippen molar-refractivity contribution in [2.24, 2.45) is 0 Å². The Balaban J connectivity index is 1.46. The average molecular weight is 422 g/mol. The van der Waals surface area contributed by atoms with Gasteiger partial charge in [0.05, 0.1) is 11.0 Å². The van der Waals surface area contributed by atoms with Crippen LogP contribution in [0.1, 0.15) is 34.9 Å². The second kappa shape index (κ2) is 8.46. The first-order chi connectivity index (χ1) is 15.6. The first-order valence-corrected chi connectivity index (χ1v) is 11.1. The molecule has 2 heterocycles. The van der Waals surface area contributed by atoms with Crippen LogP contribution in [0.2, 0.25) is 0 Å². The van der Waals surface area contributed by atoms with E-state index in [0.29, 0.717) is 13.0 Å². The van der Waals surface area contributed by atoms with Gasteiger partial charge in [-0.25, -0.2) is 4.98 Å². The first-order valence-electron chi connectivity index (χ1n) is 11.1. The number of carbonyl (C=O) groups is 1. The Bertz CT molecular complexity index is 1300. The van der Waals surface area contributed by atoms with Crippen molar-refractivity contribution in [3.8, 4) is 0 Å². The molecule has 0 saturated carbocycles. The third-order valence-corrected chi connectivity index (χ3v) is 6.37. The molecule has 1 saturated heterocycles. The number of nitrogens with zero attached hydrogens (tertiary/aromatic N) is 3. The van der Waals surface area contributed by atoms with E-state index in [9.17, 15) is 4.79 Å². The maximum atomic E-state index is 13.0. The molecule has 0 N–H and O–H groups in total. The molecule has 4 aromatic rings. The van der Waals surface area contributed by atoms with E-state index >= 15 is 0 Å². The lowest BCUT2D eigenvalue weighted by Crippen LogP contribution is -2.24. The fourth-order valence-electron chi connectivity index (χ4n) is 4.48. The summed E-state index contributed by atoms with van der Waals surface area (Å²) >= 11 is 0. The Morgan fingerprint density at radius 1 is 0.969 bits per heavy atom. The molecule has 1 fully saturated rings. The molecule has 32 heavy (non-hydrogen) atoms. The molecule has 4 heteroatoms. The average Bonchev–Trinajstić information content (AvgIpc) is 3.37. The summed E-state index contributed by atoms with van der Waals surface area (Å²) in [4.78, 5) is 19.8. The van der Waals surface area contributed by atoms with E-state index in [0.717, 1.165) is 29.1 Å². The third kappa shape index (κ3) is 3.84. The number of allylic oxidation sites excluding steroid dienone is 1. The molecule has 1 aliphatic rings. The lowest BCUT2D eigenvalue weighted by Gasteiger charge is -2.18. The van der Waals surface area contributed by atoms with Crippen LogP contribution in [0.5, 0.6) is 0 Å². The summed E-state index contributed by atoms with van der Waals surface area (Å²) in [7, 11) is 0. The van der Waals surface area contributed by atoms with Gasteiger partial charge in [0.15, 0.2) is 0 Å². The maximum absolute atomic E-state index is 13.0. The standard InChI is InChI=1S/C28H27N3O/c1-20-14-15-24(17-21(20)2)31-19-23(18-27(31)32)28-29-25-12-6-7-13-26(25)30(28)16-8-11-22-9-4-3-5-10-22/h3-15,17,23H,16,18-19H2,1-2H3/b11-8+. The molecule has 0 spiro atoms. The van der Waals surface area contributed by atoms with Gasteiger partial charge >= 0.3 is 0 Å². The molecule has 1 amide bonds. The number of imidazole rings is 1. The fraction of sp³-hybridized carbons (Fsp3) is 0.214. The van der Waals surface area contributed by atoms with Gasteiger partial charge in [0.25, 0.3) is 0 Å². The van der Waals surface area contributed by atoms with E-state index in [4.69, 9.17) is 4.98 Å². The summed E-state index contributed by atoms with van der Waals surface area (Å²) in [6, 6.07) is 24.8. The van der Waals surface area contributed by atoms with Crippen molar-refractivity contribution in [1.29, 1.82) is 0 Å². The molecule has 5 rings (SSSR count). The smallest absolute Gasteiger partial charge is 0.227 e. The molecule has 1 aliphatic heterocycles. The number of aryl methyl sites for hydroxylation is 2. The van der Waals surface area contributed by atoms with Gasteiger partial charge in [-0.2, -0.15) is 0 Å². The molecule has 0 bridgehead atoms. The molecule has 160 valence electrons. The van der Waals surface area contributed by atoms with Crippen LogP contribution in [0.4, 0.5) is 5.69 Å². The minimum atomic E-state index is 0.0710. The van der Waals surface area contributed by atoms with E-state index in [1.807, 2.05) is 47.4 Å². The van der Waals surface area contributed by atoms with Crippen molar-refractivity contribution in [1.82, 2.24) is 9.55 Å². The molecule has 4 nitrogen and oxygen atoms in total. The summed E-state index contributed by atoms with van der Waals surface area (Å²) < 4.78 is 2.26. The number of amides is 1. The minimum Gasteiger partial charge on any atom is -0.324 e. The van der Waals surface area contributed by atoms with Crippen LogP contribution in [0, 0.1) is 13.8 Å². The van der Waals surface area contributed by atoms with E-state index in [1.54, 1.807) is 0 Å². The van der Waals surface area contributed by atoms with Crippen LogP contribution < -0.4 is 4.90 Å². The Morgan fingerprint density at radius 3 is 2.56 bits per heavy atom. The van der Waals surface area contributed by atoms with Gasteiger partial charge in [0, 0.05) is 31.1 Å². The molecule has 1 unspecified atom stereocenters. The zero-order valence-electron chi connectivity index (χ0n) is 18.5. The Labute approximate surface area is 188 Å². The second-order valence-corrected chi connectivity index (χ2v) is 8.56. The Morgan fingerprint density at radius 2 is 1.75 bits per heavy atom. The number of fused-ring (bicyclic) bond motifs is 1. The first kappa shape index (κ1) is 20.3. The second-order valence-electron chi connectivity index (χ2n) is 8.56. The fourth-order valence-corrected chi connectivity index (χ4v) is 4.48. The van der Waals surface area contributed by atoms with Crippen LogP contribution in [-0.4, -0.2) is 22.0 Å². The highest BCUT2D eigenvalue weighted by Crippen LogP contribution is 2.34. The summed E-state index contributed by atoms with van der Waals surface area (Å²) in [6.45, 7) is 5.57. The van der Waals surface area contributed by atoms with Crippen molar-refractivity contribution in [2.75, 3.05) is 11.4 Å². The lowest BCUT2D eigenvalue weighted by atomic mass is 10.1. The van der Waals surface area contributed by atoms with Crippen molar-refractivity contribution in [3.63, 3.8) is 0 Å². The van der Waals surface area contributed by atoms with Gasteiger partial charge in [0.1, 0.15) is 5.82 Å². The Kier molecular flexibility index (Phi) is 5.36. The van der Waals surface area contributed by atoms with Gasteiger partial charge in [-0.15, -0.1) is 0 Å². The van der Waals surface area contributed by atoms with Crippen LogP contribution in [0.25, 0.3) is 17.1 Å². The predicted octanol–water partition coefficient (Wildman–Crippen LogP) is 5.89. The van der Waals surface area contributed by atoms with Gasteiger partial charge in [-0.1, -0.05) is 60.7 Å². The SMILES string of the molecule is Cc1ccc(N2CC(c3nc4ccccc4n3C/C=C/c3ccccc3)CC2=O)cc1C. The predicted molar refractivity (Wildman–Crippen MR) is 131 cm³/mol. The highest BCUT2D eigenvalue weighted by molar-refractivity contribution is 5.96. The number of benzene rings is 3. The van der Waals surface area contributed by atoms with Gasteiger partial charge in [-0.3, -0.25) is 4.79 Å². The number of anilines is 1. The quantitative estimate of drug-likeness (QED) is 0.403. The van der Waals surface area contributed by atoms with Crippen LogP contribution in [-0.2, 0) is 11.3 Å². The Hall–Kier alpha value is -3.66. The zero-order valence-corrected chi connectivity index (χ0v) is 18.5. The summed E-state index contributed by atoms with van der Waals surface area (Å²) in [5, 5.41) is 0. The van der Waals surface area contributed by atoms with E-state index in [1.165, 1.54) is 16.7 Å². The van der Waals surface area contributed by atoms with Crippen LogP contribution >= 0.6 is 0 Å². The van der Waals surface area contributed by atoms with E-state index in [-0.39, 0.29) is 11.8 Å². The molecule has 3 aromatic carbocycles. The molecule has 1 atom stereocenters. The highest BCUT2D eigenvalue weighted by atomic mass is 16.2. The number of hydrogen-bond donors (Lipinski definition) is 0. The molecule has 0 radical (unpaired) electrons. The van der Waals surface area contributed by atoms with Crippen molar-refractivity contribution in [3.05, 3.63) is 101 Å². The highest BCUT2D eigenvalue weighted by Gasteiger charge is 2.34. The van der Waals surface area contributed by atoms with Crippen molar-refractivity contribution >= 4 is 28.7 Å². The summed E-state index contributed by atoms with van der Waals surface area (Å²) in [5.41, 5.74) is 6.69. The number of hydrogen-bond acceptors (Lipinski definition) is 2. The van der Waals surface area contributed by atoms with Crippen LogP contribution in [0.15, 0.2) is 78.9 Å². The van der Waals surface area contributed by atoms with Crippen molar-refractivity contribution < 1.29 is 4.79 Å². The van der Waals surface area contributed by atoms with Gasteiger partial charge in [-0.05, 0) is 54.8 Å². The zero-order chi connectivity index (χ0) is 22.1. The molecule has 1 aromatic heterocycles. The maximum Gasteiger partial charge on any atom is 0.227 e. The number of aromatic nitrogens is 2. The molecular weight excluding hydrogens is 394 g/mol. The van der Waals surface area contributed by atoms with Crippen LogP contribution in [0.3, 0.4) is 0 Å². The normalized spacial score (nSPS) is 16.5. The van der Waals surface area contributed by atoms with E-state index < -0.39 is 0 Å². The third-order valence-electron chi connectivity index (χ3n) is 6.37. The number of carbonyl (C=O) groups excluding carboxylic acids is 1. The van der Waals surface area contributed by atoms with Gasteiger partial charge < -0.3 is 9.47 Å². The number of rotatable bonds is 5. The largest absolute Gasteiger partial charge is 0.324 e. The molecular formula is C28H27N3O. The summed E-state index contributed by atoms with van der Waals surface area (Å²) in [5.74, 6) is 1.22. The van der Waals surface area contributed by atoms with Gasteiger partial charge in [0.2, 0.25) is 5.91 Å². The topological polar surface area (TPSA) is 38.1 Å². The minimum absolute atomic E-state index is 0.0710. The van der Waals surface area contributed by atoms with E-state index in [2.05, 4.69) is 60.9 Å². The lowest BCUT2D eigenvalue weighted by molar-refractivity contribution is -0.117.